The van der Waals surface area contributed by atoms with Crippen LogP contribution in [0.2, 0.25) is 0 Å². The number of carboxylic acids is 1. The van der Waals surface area contributed by atoms with Gasteiger partial charge in [0.1, 0.15) is 5.54 Å². The lowest BCUT2D eigenvalue weighted by molar-refractivity contribution is -0.149. The third-order valence-corrected chi connectivity index (χ3v) is 3.18. The summed E-state index contributed by atoms with van der Waals surface area (Å²) in [5.41, 5.74) is -0.665. The van der Waals surface area contributed by atoms with Gasteiger partial charge in [0.05, 0.1) is 0 Å². The molecule has 1 heterocycles. The third kappa shape index (κ3) is 1.33. The molecule has 0 radical (unpaired) electrons. The molecule has 1 aromatic rings. The summed E-state index contributed by atoms with van der Waals surface area (Å²) in [6.45, 7) is 0. The van der Waals surface area contributed by atoms with Crippen molar-refractivity contribution in [3.8, 4) is 0 Å². The molecule has 76 valence electrons. The predicted molar refractivity (Wildman–Crippen MR) is 53.1 cm³/mol. The maximum Gasteiger partial charge on any atom is 0.329 e. The molecule has 1 aliphatic rings. The van der Waals surface area contributed by atoms with Gasteiger partial charge in [-0.15, -0.1) is 0 Å². The van der Waals surface area contributed by atoms with Gasteiger partial charge in [-0.1, -0.05) is 19.3 Å². The van der Waals surface area contributed by atoms with Crippen LogP contribution in [0.5, 0.6) is 0 Å². The van der Waals surface area contributed by atoms with E-state index in [4.69, 9.17) is 0 Å². The molecule has 14 heavy (non-hydrogen) atoms. The maximum absolute atomic E-state index is 11.4. The molecule has 0 aliphatic heterocycles. The number of carboxylic acid groups (broad SMARTS) is 1. The average Bonchev–Trinajstić information content (AvgIpc) is 2.72. The van der Waals surface area contributed by atoms with Crippen LogP contribution < -0.4 is 0 Å². The highest BCUT2D eigenvalue weighted by molar-refractivity contribution is 5.76. The zero-order chi connectivity index (χ0) is 10.0. The van der Waals surface area contributed by atoms with Gasteiger partial charge in [0.25, 0.3) is 0 Å². The van der Waals surface area contributed by atoms with Crippen molar-refractivity contribution in [1.29, 1.82) is 0 Å². The summed E-state index contributed by atoms with van der Waals surface area (Å²) in [7, 11) is 0. The Balaban J connectivity index is 2.35. The van der Waals surface area contributed by atoms with Crippen LogP contribution in [0.25, 0.3) is 0 Å². The molecule has 1 aliphatic carbocycles. The zero-order valence-corrected chi connectivity index (χ0v) is 8.15. The lowest BCUT2D eigenvalue weighted by atomic mass is 9.81. The summed E-state index contributed by atoms with van der Waals surface area (Å²) in [5, 5.41) is 9.34. The topological polar surface area (TPSA) is 42.2 Å². The van der Waals surface area contributed by atoms with Gasteiger partial charge < -0.3 is 9.67 Å². The van der Waals surface area contributed by atoms with Crippen molar-refractivity contribution in [2.75, 3.05) is 0 Å². The largest absolute Gasteiger partial charge is 0.479 e. The summed E-state index contributed by atoms with van der Waals surface area (Å²) in [6.07, 6.45) is 8.44. The molecule has 0 atom stereocenters. The van der Waals surface area contributed by atoms with E-state index < -0.39 is 11.5 Å². The summed E-state index contributed by atoms with van der Waals surface area (Å²) in [4.78, 5) is 11.4. The van der Waals surface area contributed by atoms with Gasteiger partial charge >= 0.3 is 5.97 Å². The fraction of sp³-hybridized carbons (Fsp3) is 0.545. The smallest absolute Gasteiger partial charge is 0.329 e. The van der Waals surface area contributed by atoms with Crippen molar-refractivity contribution in [2.24, 2.45) is 0 Å². The summed E-state index contributed by atoms with van der Waals surface area (Å²) >= 11 is 0. The Kier molecular flexibility index (Phi) is 2.32. The number of carbonyl (C=O) groups is 1. The predicted octanol–water partition coefficient (Wildman–Crippen LogP) is 2.23. The van der Waals surface area contributed by atoms with Crippen LogP contribution >= 0.6 is 0 Å². The van der Waals surface area contributed by atoms with Crippen molar-refractivity contribution in [2.45, 2.75) is 37.6 Å². The fourth-order valence-corrected chi connectivity index (χ4v) is 2.34. The Labute approximate surface area is 83.4 Å². The first kappa shape index (κ1) is 9.31. The molecule has 3 nitrogen and oxygen atoms in total. The minimum absolute atomic E-state index is 0.665. The van der Waals surface area contributed by atoms with Gasteiger partial charge in [0.15, 0.2) is 0 Å². The molecule has 0 unspecified atom stereocenters. The SMILES string of the molecule is O=C(O)C1(n2cccc2)CCCCC1. The summed E-state index contributed by atoms with van der Waals surface area (Å²) < 4.78 is 1.86. The second-order valence-corrected chi connectivity index (χ2v) is 3.99. The molecular formula is C11H15NO2. The quantitative estimate of drug-likeness (QED) is 0.782. The van der Waals surface area contributed by atoms with Crippen LogP contribution in [0.3, 0.4) is 0 Å². The van der Waals surface area contributed by atoms with Gasteiger partial charge in [-0.05, 0) is 25.0 Å². The Bertz CT molecular complexity index is 310. The van der Waals surface area contributed by atoms with E-state index >= 15 is 0 Å². The molecule has 3 heteroatoms. The van der Waals surface area contributed by atoms with Gasteiger partial charge in [-0.2, -0.15) is 0 Å². The Morgan fingerprint density at radius 2 is 1.71 bits per heavy atom. The van der Waals surface area contributed by atoms with E-state index in [2.05, 4.69) is 0 Å². The highest BCUT2D eigenvalue weighted by Gasteiger charge is 2.40. The van der Waals surface area contributed by atoms with Crippen molar-refractivity contribution in [1.82, 2.24) is 4.57 Å². The number of hydrogen-bond acceptors (Lipinski definition) is 1. The maximum atomic E-state index is 11.4. The van der Waals surface area contributed by atoms with Crippen molar-refractivity contribution in [3.05, 3.63) is 24.5 Å². The van der Waals surface area contributed by atoms with Crippen molar-refractivity contribution in [3.63, 3.8) is 0 Å². The lowest BCUT2D eigenvalue weighted by Gasteiger charge is -2.34. The molecule has 1 N–H and O–H groups in total. The number of aliphatic carboxylic acids is 1. The summed E-state index contributed by atoms with van der Waals surface area (Å²) in [6, 6.07) is 3.78. The molecule has 0 aromatic carbocycles. The standard InChI is InChI=1S/C11H15NO2/c13-10(14)11(6-2-1-3-7-11)12-8-4-5-9-12/h4-5,8-9H,1-3,6-7H2,(H,13,14). The third-order valence-electron chi connectivity index (χ3n) is 3.18. The van der Waals surface area contributed by atoms with E-state index in [1.165, 1.54) is 0 Å². The first-order chi connectivity index (χ1) is 6.76. The first-order valence-electron chi connectivity index (χ1n) is 5.12. The van der Waals surface area contributed by atoms with Crippen molar-refractivity contribution >= 4 is 5.97 Å². The normalized spacial score (nSPS) is 20.6. The van der Waals surface area contributed by atoms with Gasteiger partial charge in [-0.25, -0.2) is 4.79 Å². The van der Waals surface area contributed by atoms with E-state index in [-0.39, 0.29) is 0 Å². The molecule has 0 saturated heterocycles. The Morgan fingerprint density at radius 3 is 2.21 bits per heavy atom. The van der Waals surface area contributed by atoms with Crippen LogP contribution in [0.15, 0.2) is 24.5 Å². The molecule has 2 rings (SSSR count). The molecule has 0 amide bonds. The van der Waals surface area contributed by atoms with Crippen LogP contribution in [-0.4, -0.2) is 15.6 Å². The average molecular weight is 193 g/mol. The van der Waals surface area contributed by atoms with Crippen LogP contribution in [0.1, 0.15) is 32.1 Å². The molecule has 1 aromatic heterocycles. The molecule has 1 fully saturated rings. The monoisotopic (exact) mass is 193 g/mol. The molecule has 0 spiro atoms. The van der Waals surface area contributed by atoms with Crippen LogP contribution in [0.4, 0.5) is 0 Å². The molecular weight excluding hydrogens is 178 g/mol. The van der Waals surface area contributed by atoms with Gasteiger partial charge in [0.2, 0.25) is 0 Å². The number of aromatic nitrogens is 1. The fourth-order valence-electron chi connectivity index (χ4n) is 2.34. The van der Waals surface area contributed by atoms with E-state index in [1.807, 2.05) is 29.1 Å². The second kappa shape index (κ2) is 3.48. The summed E-state index contributed by atoms with van der Waals surface area (Å²) in [5.74, 6) is -0.687. The van der Waals surface area contributed by atoms with Crippen LogP contribution in [-0.2, 0) is 10.3 Å². The van der Waals surface area contributed by atoms with Crippen LogP contribution in [0, 0.1) is 0 Å². The zero-order valence-electron chi connectivity index (χ0n) is 8.15. The van der Waals surface area contributed by atoms with Gasteiger partial charge in [0, 0.05) is 12.4 Å². The minimum Gasteiger partial charge on any atom is -0.479 e. The highest BCUT2D eigenvalue weighted by atomic mass is 16.4. The number of rotatable bonds is 2. The first-order valence-corrected chi connectivity index (χ1v) is 5.12. The van der Waals surface area contributed by atoms with E-state index in [0.29, 0.717) is 0 Å². The highest BCUT2D eigenvalue weighted by Crippen LogP contribution is 2.35. The second-order valence-electron chi connectivity index (χ2n) is 3.99. The van der Waals surface area contributed by atoms with Gasteiger partial charge in [-0.3, -0.25) is 0 Å². The van der Waals surface area contributed by atoms with Crippen molar-refractivity contribution < 1.29 is 9.90 Å². The van der Waals surface area contributed by atoms with E-state index in [0.717, 1.165) is 32.1 Å². The van der Waals surface area contributed by atoms with E-state index in [1.54, 1.807) is 0 Å². The molecule has 1 saturated carbocycles. The minimum atomic E-state index is -0.687. The molecule has 0 bridgehead atoms. The Morgan fingerprint density at radius 1 is 1.14 bits per heavy atom. The number of nitrogens with zero attached hydrogens (tertiary/aromatic N) is 1. The number of hydrogen-bond donors (Lipinski definition) is 1. The lowest BCUT2D eigenvalue weighted by Crippen LogP contribution is -2.42. The van der Waals surface area contributed by atoms with E-state index in [9.17, 15) is 9.90 Å². The Hall–Kier alpha value is -1.25.